The first-order valence-electron chi connectivity index (χ1n) is 8.69. The SMILES string of the molecule is CC1(C)S[C@@H]2[C@H](NC(=O)[C@H](N)c3ccc(O)cc3)C(=O)N2[C@H]1C(=O)O.C[S+](C)[O-]. The fourth-order valence-electron chi connectivity index (χ4n) is 3.22. The molecule has 0 bridgehead atoms. The van der Waals surface area contributed by atoms with Gasteiger partial charge in [0.1, 0.15) is 29.2 Å². The number of phenols is 1. The van der Waals surface area contributed by atoms with Gasteiger partial charge in [-0.2, -0.15) is 0 Å². The Balaban J connectivity index is 0.000000687. The van der Waals surface area contributed by atoms with Crippen LogP contribution in [-0.4, -0.2) is 72.2 Å². The largest absolute Gasteiger partial charge is 0.617 e. The van der Waals surface area contributed by atoms with Crippen LogP contribution in [0.4, 0.5) is 0 Å². The number of nitrogens with zero attached hydrogens (tertiary/aromatic N) is 1. The van der Waals surface area contributed by atoms with E-state index in [1.807, 2.05) is 0 Å². The number of β-lactam (4-membered cyclic amide) rings is 1. The second-order valence-electron chi connectivity index (χ2n) is 7.40. The van der Waals surface area contributed by atoms with Crippen LogP contribution in [0.3, 0.4) is 0 Å². The number of hydrogen-bond acceptors (Lipinski definition) is 7. The highest BCUT2D eigenvalue weighted by molar-refractivity contribution is 8.01. The lowest BCUT2D eigenvalue weighted by Crippen LogP contribution is -2.71. The molecule has 11 heteroatoms. The fraction of sp³-hybridized carbons (Fsp3) is 0.500. The molecule has 29 heavy (non-hydrogen) atoms. The third kappa shape index (κ3) is 4.97. The van der Waals surface area contributed by atoms with Gasteiger partial charge in [0.05, 0.1) is 12.5 Å². The third-order valence-corrected chi connectivity index (χ3v) is 6.08. The van der Waals surface area contributed by atoms with Crippen LogP contribution in [0.5, 0.6) is 5.75 Å². The van der Waals surface area contributed by atoms with E-state index >= 15 is 0 Å². The molecule has 0 unspecified atom stereocenters. The summed E-state index contributed by atoms with van der Waals surface area (Å²) in [5, 5.41) is 20.9. The van der Waals surface area contributed by atoms with Gasteiger partial charge in [-0.05, 0) is 31.5 Å². The summed E-state index contributed by atoms with van der Waals surface area (Å²) in [6, 6.07) is 3.21. The Morgan fingerprint density at radius 3 is 2.31 bits per heavy atom. The van der Waals surface area contributed by atoms with E-state index < -0.39 is 57.2 Å². The van der Waals surface area contributed by atoms with Crippen molar-refractivity contribution in [1.29, 1.82) is 0 Å². The van der Waals surface area contributed by atoms with E-state index in [-0.39, 0.29) is 5.75 Å². The number of nitrogens with one attached hydrogen (secondary N) is 1. The Bertz CT molecular complexity index is 784. The number of hydrogen-bond donors (Lipinski definition) is 4. The van der Waals surface area contributed by atoms with Crippen molar-refractivity contribution in [3.63, 3.8) is 0 Å². The topological polar surface area (TPSA) is 156 Å². The summed E-state index contributed by atoms with van der Waals surface area (Å²) in [6.45, 7) is 3.53. The summed E-state index contributed by atoms with van der Waals surface area (Å²) in [7, 11) is 0. The van der Waals surface area contributed by atoms with Gasteiger partial charge in [0.25, 0.3) is 0 Å². The van der Waals surface area contributed by atoms with Crippen molar-refractivity contribution in [2.24, 2.45) is 5.73 Å². The maximum atomic E-state index is 12.3. The van der Waals surface area contributed by atoms with Gasteiger partial charge in [0.15, 0.2) is 0 Å². The first-order chi connectivity index (χ1) is 13.4. The van der Waals surface area contributed by atoms with Crippen LogP contribution in [0.1, 0.15) is 25.5 Å². The van der Waals surface area contributed by atoms with Crippen LogP contribution in [0.2, 0.25) is 0 Å². The number of aliphatic carboxylic acids is 1. The molecule has 2 saturated heterocycles. The highest BCUT2D eigenvalue weighted by atomic mass is 32.2. The van der Waals surface area contributed by atoms with Crippen LogP contribution in [0, 0.1) is 0 Å². The summed E-state index contributed by atoms with van der Waals surface area (Å²) in [5.41, 5.74) is 6.41. The van der Waals surface area contributed by atoms with E-state index in [9.17, 15) is 29.1 Å². The highest BCUT2D eigenvalue weighted by Crippen LogP contribution is 2.50. The lowest BCUT2D eigenvalue weighted by molar-refractivity contribution is -0.161. The van der Waals surface area contributed by atoms with Crippen molar-refractivity contribution in [1.82, 2.24) is 10.2 Å². The second kappa shape index (κ2) is 8.82. The Hall–Kier alpha value is -1.95. The van der Waals surface area contributed by atoms with Crippen molar-refractivity contribution in [2.75, 3.05) is 12.5 Å². The molecule has 1 aromatic rings. The minimum Gasteiger partial charge on any atom is -0.617 e. The summed E-state index contributed by atoms with van der Waals surface area (Å²) < 4.78 is 8.91. The maximum Gasteiger partial charge on any atom is 0.327 e. The predicted molar refractivity (Wildman–Crippen MR) is 111 cm³/mol. The number of aromatic hydroxyl groups is 1. The zero-order valence-corrected chi connectivity index (χ0v) is 18.1. The lowest BCUT2D eigenvalue weighted by atomic mass is 9.95. The van der Waals surface area contributed by atoms with Crippen molar-refractivity contribution < 1.29 is 29.1 Å². The monoisotopic (exact) mass is 443 g/mol. The number of carbonyl (C=O) groups excluding carboxylic acids is 2. The van der Waals surface area contributed by atoms with Crippen molar-refractivity contribution in [2.45, 2.75) is 42.1 Å². The number of rotatable bonds is 4. The van der Waals surface area contributed by atoms with Crippen molar-refractivity contribution in [3.8, 4) is 5.75 Å². The molecule has 3 rings (SSSR count). The Kier molecular flexibility index (Phi) is 7.10. The van der Waals surface area contributed by atoms with E-state index in [4.69, 9.17) is 5.73 Å². The van der Waals surface area contributed by atoms with Gasteiger partial charge in [-0.25, -0.2) is 4.79 Å². The second-order valence-corrected chi connectivity index (χ2v) is 10.6. The predicted octanol–water partition coefficient (Wildman–Crippen LogP) is 0.0184. The minimum atomic E-state index is -1.06. The Morgan fingerprint density at radius 2 is 1.83 bits per heavy atom. The van der Waals surface area contributed by atoms with Crippen LogP contribution < -0.4 is 11.1 Å². The molecule has 4 atom stereocenters. The average molecular weight is 444 g/mol. The molecule has 9 nitrogen and oxygen atoms in total. The number of phenolic OH excluding ortho intramolecular Hbond substituents is 1. The van der Waals surface area contributed by atoms with Crippen molar-refractivity contribution >= 4 is 40.7 Å². The summed E-state index contributed by atoms with van der Waals surface area (Å²) in [5.74, 6) is -1.94. The van der Waals surface area contributed by atoms with E-state index in [2.05, 4.69) is 5.32 Å². The van der Waals surface area contributed by atoms with Crippen LogP contribution in [0.15, 0.2) is 24.3 Å². The number of carboxylic acid groups (broad SMARTS) is 1. The smallest absolute Gasteiger partial charge is 0.327 e. The third-order valence-electron chi connectivity index (χ3n) is 4.51. The molecule has 0 radical (unpaired) electrons. The van der Waals surface area contributed by atoms with Gasteiger partial charge in [0.2, 0.25) is 11.8 Å². The number of amides is 2. The molecular weight excluding hydrogens is 418 g/mol. The zero-order valence-electron chi connectivity index (χ0n) is 16.5. The van der Waals surface area contributed by atoms with Gasteiger partial charge in [0, 0.05) is 4.75 Å². The summed E-state index contributed by atoms with van der Waals surface area (Å²) in [4.78, 5) is 37.5. The molecule has 2 aliphatic rings. The van der Waals surface area contributed by atoms with Gasteiger partial charge >= 0.3 is 5.97 Å². The maximum absolute atomic E-state index is 12.3. The fourth-order valence-corrected chi connectivity index (χ4v) is 4.85. The minimum absolute atomic E-state index is 0.0606. The van der Waals surface area contributed by atoms with E-state index in [0.29, 0.717) is 5.56 Å². The molecule has 2 heterocycles. The average Bonchev–Trinajstić information content (AvgIpc) is 2.87. The van der Waals surface area contributed by atoms with E-state index in [0.717, 1.165) is 0 Å². The molecular formula is C18H25N3O6S2. The Morgan fingerprint density at radius 1 is 1.31 bits per heavy atom. The summed E-state index contributed by atoms with van der Waals surface area (Å²) in [6.07, 6.45) is 3.28. The first kappa shape index (κ1) is 23.3. The van der Waals surface area contributed by atoms with Crippen molar-refractivity contribution in [3.05, 3.63) is 29.8 Å². The number of carbonyl (C=O) groups is 3. The lowest BCUT2D eigenvalue weighted by Gasteiger charge is -2.43. The molecule has 2 fully saturated rings. The van der Waals surface area contributed by atoms with Gasteiger partial charge in [-0.1, -0.05) is 23.3 Å². The molecule has 0 spiro atoms. The van der Waals surface area contributed by atoms with Crippen LogP contribution >= 0.6 is 11.8 Å². The quantitative estimate of drug-likeness (QED) is 0.375. The zero-order chi connectivity index (χ0) is 22.1. The normalized spacial score (nSPS) is 25.4. The standard InChI is InChI=1S/C16H19N3O5S.C2H6OS/c1-16(2)11(15(23)24)19-13(22)10(14(19)25-16)18-12(21)9(17)7-3-5-8(20)6-4-7;1-4(2)3/h3-6,9-11,14,20H,17H2,1-2H3,(H,18,21)(H,23,24);1-2H3/t9-,10-,11+,14-;/m1./s1. The molecule has 0 aliphatic carbocycles. The number of nitrogens with two attached hydrogens (primary N) is 1. The molecule has 5 N–H and O–H groups in total. The van der Waals surface area contributed by atoms with Crippen LogP contribution in [0.25, 0.3) is 0 Å². The van der Waals surface area contributed by atoms with E-state index in [1.54, 1.807) is 26.4 Å². The molecule has 160 valence electrons. The Labute approximate surface area is 176 Å². The van der Waals surface area contributed by atoms with Gasteiger partial charge in [-0.15, -0.1) is 11.8 Å². The first-order valence-corrected chi connectivity index (χ1v) is 11.5. The molecule has 2 amide bonds. The summed E-state index contributed by atoms with van der Waals surface area (Å²) >= 11 is 0.742. The molecule has 1 aromatic carbocycles. The van der Waals surface area contributed by atoms with Gasteiger partial charge < -0.3 is 30.7 Å². The number of thioether (sulfide) groups is 1. The van der Waals surface area contributed by atoms with E-state index in [1.165, 1.54) is 40.9 Å². The molecule has 0 aromatic heterocycles. The number of carboxylic acids is 1. The van der Waals surface area contributed by atoms with Gasteiger partial charge in [-0.3, -0.25) is 9.59 Å². The number of fused-ring (bicyclic) bond motifs is 1. The highest BCUT2D eigenvalue weighted by Gasteiger charge is 2.64. The molecule has 2 aliphatic heterocycles. The number of benzene rings is 1. The van der Waals surface area contributed by atoms with Crippen LogP contribution in [-0.2, 0) is 25.6 Å². The molecule has 0 saturated carbocycles.